The molecular formula is C18H16N2O5S. The number of pyridine rings is 1. The van der Waals surface area contributed by atoms with Crippen LogP contribution in [-0.4, -0.2) is 26.5 Å². The van der Waals surface area contributed by atoms with Crippen LogP contribution in [0.2, 0.25) is 0 Å². The van der Waals surface area contributed by atoms with Gasteiger partial charge in [-0.3, -0.25) is 4.98 Å². The van der Waals surface area contributed by atoms with Crippen LogP contribution in [0, 0.1) is 0 Å². The average molecular weight is 372 g/mol. The van der Waals surface area contributed by atoms with E-state index < -0.39 is 16.0 Å². The summed E-state index contributed by atoms with van der Waals surface area (Å²) in [4.78, 5) is 15.7. The van der Waals surface area contributed by atoms with Gasteiger partial charge >= 0.3 is 5.97 Å². The van der Waals surface area contributed by atoms with E-state index in [0.29, 0.717) is 17.0 Å². The Morgan fingerprint density at radius 3 is 2.58 bits per heavy atom. The number of nitrogens with one attached hydrogen (secondary N) is 1. The molecule has 3 aromatic rings. The van der Waals surface area contributed by atoms with Gasteiger partial charge in [0, 0.05) is 12.7 Å². The van der Waals surface area contributed by atoms with Crippen molar-refractivity contribution in [2.24, 2.45) is 0 Å². The number of aromatic nitrogens is 1. The predicted molar refractivity (Wildman–Crippen MR) is 93.7 cm³/mol. The monoisotopic (exact) mass is 372 g/mol. The summed E-state index contributed by atoms with van der Waals surface area (Å²) in [5, 5.41) is 0. The second-order valence-corrected chi connectivity index (χ2v) is 7.10. The molecule has 0 unspecified atom stereocenters. The zero-order chi connectivity index (χ0) is 18.6. The van der Waals surface area contributed by atoms with E-state index in [4.69, 9.17) is 4.42 Å². The van der Waals surface area contributed by atoms with Gasteiger partial charge in [-0.2, -0.15) is 0 Å². The summed E-state index contributed by atoms with van der Waals surface area (Å²) in [5.74, 6) is 0.0302. The molecule has 0 saturated heterocycles. The molecular weight excluding hydrogens is 356 g/mol. The average Bonchev–Trinajstić information content (AvgIpc) is 3.21. The van der Waals surface area contributed by atoms with Gasteiger partial charge in [-0.15, -0.1) is 0 Å². The second-order valence-electron chi connectivity index (χ2n) is 5.33. The van der Waals surface area contributed by atoms with Crippen LogP contribution in [0.5, 0.6) is 0 Å². The molecule has 1 N–H and O–H groups in total. The Balaban J connectivity index is 1.78. The van der Waals surface area contributed by atoms with Crippen molar-refractivity contribution >= 4 is 16.0 Å². The number of hydrogen-bond acceptors (Lipinski definition) is 6. The summed E-state index contributed by atoms with van der Waals surface area (Å²) in [6.45, 7) is 0.0466. The first-order valence-electron chi connectivity index (χ1n) is 7.67. The first-order valence-corrected chi connectivity index (χ1v) is 9.15. The zero-order valence-corrected chi connectivity index (χ0v) is 14.7. The summed E-state index contributed by atoms with van der Waals surface area (Å²) in [7, 11) is -2.49. The number of sulfonamides is 1. The van der Waals surface area contributed by atoms with Crippen molar-refractivity contribution in [2.75, 3.05) is 7.11 Å². The molecule has 1 aromatic carbocycles. The maximum Gasteiger partial charge on any atom is 0.337 e. The Morgan fingerprint density at radius 2 is 1.92 bits per heavy atom. The van der Waals surface area contributed by atoms with Gasteiger partial charge in [0.2, 0.25) is 10.0 Å². The number of benzene rings is 1. The summed E-state index contributed by atoms with van der Waals surface area (Å²) in [6, 6.07) is 12.5. The highest BCUT2D eigenvalue weighted by Crippen LogP contribution is 2.22. The molecule has 26 heavy (non-hydrogen) atoms. The number of methoxy groups -OCH3 is 1. The number of carbonyl (C=O) groups is 1. The van der Waals surface area contributed by atoms with Gasteiger partial charge in [0.1, 0.15) is 5.69 Å². The molecule has 2 heterocycles. The van der Waals surface area contributed by atoms with E-state index in [9.17, 15) is 13.2 Å². The lowest BCUT2D eigenvalue weighted by molar-refractivity contribution is 0.0600. The Labute approximate surface area is 150 Å². The van der Waals surface area contributed by atoms with Gasteiger partial charge < -0.3 is 9.15 Å². The van der Waals surface area contributed by atoms with Crippen molar-refractivity contribution in [1.29, 1.82) is 0 Å². The van der Waals surface area contributed by atoms with Crippen LogP contribution in [0.3, 0.4) is 0 Å². The maximum atomic E-state index is 12.5. The first-order chi connectivity index (χ1) is 12.5. The van der Waals surface area contributed by atoms with Crippen LogP contribution in [0.25, 0.3) is 11.5 Å². The summed E-state index contributed by atoms with van der Waals surface area (Å²) in [5.41, 5.74) is 1.53. The van der Waals surface area contributed by atoms with E-state index in [-0.39, 0.29) is 17.0 Å². The highest BCUT2D eigenvalue weighted by Gasteiger charge is 2.17. The standard InChI is InChI=1S/C18H16N2O5S/c1-24-18(21)13-6-8-15(9-7-13)26(22,23)20-12-14-4-2-10-19-17(14)16-5-3-11-25-16/h2-11,20H,12H2,1H3. The first kappa shape index (κ1) is 17.8. The maximum absolute atomic E-state index is 12.5. The Morgan fingerprint density at radius 1 is 1.15 bits per heavy atom. The van der Waals surface area contributed by atoms with Crippen LogP contribution in [-0.2, 0) is 21.3 Å². The third kappa shape index (κ3) is 3.81. The van der Waals surface area contributed by atoms with E-state index >= 15 is 0 Å². The van der Waals surface area contributed by atoms with E-state index in [2.05, 4.69) is 14.4 Å². The van der Waals surface area contributed by atoms with Crippen LogP contribution < -0.4 is 4.72 Å². The van der Waals surface area contributed by atoms with Crippen molar-refractivity contribution in [3.8, 4) is 11.5 Å². The summed E-state index contributed by atoms with van der Waals surface area (Å²) < 4.78 is 37.4. The van der Waals surface area contributed by atoms with Crippen LogP contribution in [0.15, 0.2) is 70.3 Å². The molecule has 0 radical (unpaired) electrons. The van der Waals surface area contributed by atoms with Crippen LogP contribution in [0.1, 0.15) is 15.9 Å². The SMILES string of the molecule is COC(=O)c1ccc(S(=O)(=O)NCc2cccnc2-c2ccco2)cc1. The van der Waals surface area contributed by atoms with Crippen molar-refractivity contribution in [3.63, 3.8) is 0 Å². The predicted octanol–water partition coefficient (Wildman–Crippen LogP) is 2.61. The molecule has 0 bridgehead atoms. The highest BCUT2D eigenvalue weighted by molar-refractivity contribution is 7.89. The van der Waals surface area contributed by atoms with Crippen LogP contribution >= 0.6 is 0 Å². The smallest absolute Gasteiger partial charge is 0.337 e. The topological polar surface area (TPSA) is 98.5 Å². The van der Waals surface area contributed by atoms with Crippen molar-refractivity contribution in [3.05, 3.63) is 72.1 Å². The van der Waals surface area contributed by atoms with Gasteiger partial charge in [0.25, 0.3) is 0 Å². The highest BCUT2D eigenvalue weighted by atomic mass is 32.2. The number of esters is 1. The number of ether oxygens (including phenoxy) is 1. The quantitative estimate of drug-likeness (QED) is 0.668. The third-order valence-electron chi connectivity index (χ3n) is 3.68. The second kappa shape index (κ2) is 7.51. The van der Waals surface area contributed by atoms with E-state index in [1.54, 1.807) is 30.5 Å². The summed E-state index contributed by atoms with van der Waals surface area (Å²) in [6.07, 6.45) is 3.14. The van der Waals surface area contributed by atoms with Crippen molar-refractivity contribution < 1.29 is 22.4 Å². The normalized spacial score (nSPS) is 11.3. The molecule has 0 spiro atoms. The van der Waals surface area contributed by atoms with Gasteiger partial charge in [-0.05, 0) is 48.0 Å². The van der Waals surface area contributed by atoms with Crippen molar-refractivity contribution in [1.82, 2.24) is 9.71 Å². The minimum atomic E-state index is -3.75. The lowest BCUT2D eigenvalue weighted by atomic mass is 10.1. The Bertz CT molecular complexity index is 996. The molecule has 0 fully saturated rings. The molecule has 2 aromatic heterocycles. The molecule has 7 nitrogen and oxygen atoms in total. The molecule has 0 aliphatic carbocycles. The fraction of sp³-hybridized carbons (Fsp3) is 0.111. The Hall–Kier alpha value is -2.97. The largest absolute Gasteiger partial charge is 0.465 e. The van der Waals surface area contributed by atoms with Gasteiger partial charge in [-0.1, -0.05) is 6.07 Å². The fourth-order valence-corrected chi connectivity index (χ4v) is 3.37. The molecule has 0 aliphatic heterocycles. The van der Waals surface area contributed by atoms with Crippen LogP contribution in [0.4, 0.5) is 0 Å². The molecule has 0 atom stereocenters. The molecule has 0 aliphatic rings. The number of hydrogen-bond donors (Lipinski definition) is 1. The number of rotatable bonds is 6. The Kier molecular flexibility index (Phi) is 5.15. The van der Waals surface area contributed by atoms with Gasteiger partial charge in [-0.25, -0.2) is 17.9 Å². The lowest BCUT2D eigenvalue weighted by Crippen LogP contribution is -2.23. The van der Waals surface area contributed by atoms with E-state index in [0.717, 1.165) is 0 Å². The third-order valence-corrected chi connectivity index (χ3v) is 5.10. The van der Waals surface area contributed by atoms with E-state index in [1.165, 1.54) is 37.6 Å². The number of furan rings is 1. The molecule has 8 heteroatoms. The molecule has 0 amide bonds. The fourth-order valence-electron chi connectivity index (χ4n) is 2.36. The molecule has 134 valence electrons. The minimum Gasteiger partial charge on any atom is -0.465 e. The number of carbonyl (C=O) groups excluding carboxylic acids is 1. The number of nitrogens with zero attached hydrogens (tertiary/aromatic N) is 1. The summed E-state index contributed by atoms with van der Waals surface area (Å²) >= 11 is 0. The lowest BCUT2D eigenvalue weighted by Gasteiger charge is -2.09. The molecule has 0 saturated carbocycles. The van der Waals surface area contributed by atoms with Gasteiger partial charge in [0.05, 0.1) is 23.8 Å². The minimum absolute atomic E-state index is 0.0466. The van der Waals surface area contributed by atoms with Gasteiger partial charge in [0.15, 0.2) is 5.76 Å². The molecule has 3 rings (SSSR count). The zero-order valence-electron chi connectivity index (χ0n) is 13.9. The van der Waals surface area contributed by atoms with Crippen molar-refractivity contribution in [2.45, 2.75) is 11.4 Å². The van der Waals surface area contributed by atoms with E-state index in [1.807, 2.05) is 0 Å².